The van der Waals surface area contributed by atoms with Crippen LogP contribution in [0.3, 0.4) is 0 Å². The molecular formula is C20H23BrN2O. The maximum absolute atomic E-state index is 10.3. The molecule has 0 saturated carbocycles. The first-order valence-corrected chi connectivity index (χ1v) is 9.11. The first kappa shape index (κ1) is 17.2. The lowest BCUT2D eigenvalue weighted by Crippen LogP contribution is -2.41. The Bertz CT molecular complexity index is 753. The molecule has 0 spiro atoms. The molecule has 0 bridgehead atoms. The van der Waals surface area contributed by atoms with Gasteiger partial charge in [0.25, 0.3) is 0 Å². The van der Waals surface area contributed by atoms with Crippen molar-refractivity contribution in [3.63, 3.8) is 0 Å². The van der Waals surface area contributed by atoms with Crippen LogP contribution < -0.4 is 5.32 Å². The number of hydrogen-bond acceptors (Lipinski definition) is 3. The largest absolute Gasteiger partial charge is 0.508 e. The minimum absolute atomic E-state index is 0.0402. The molecule has 0 fully saturated rings. The minimum Gasteiger partial charge on any atom is -0.508 e. The molecule has 0 radical (unpaired) electrons. The van der Waals surface area contributed by atoms with E-state index in [0.29, 0.717) is 11.7 Å². The summed E-state index contributed by atoms with van der Waals surface area (Å²) in [4.78, 5) is 4.92. The van der Waals surface area contributed by atoms with Gasteiger partial charge in [-0.3, -0.25) is 10.3 Å². The standard InChI is InChI=1S/C20H23BrN2O/c1-12(2)20-22-17(14-6-4-13(3)5-7-14)11-18(23-20)16-10-15(21)8-9-19(16)24/h4-10,12,18,20,23-24H,11H2,1-3H3/t18-,20-/m0/s1. The number of rotatable bonds is 3. The molecule has 0 aliphatic carbocycles. The summed E-state index contributed by atoms with van der Waals surface area (Å²) in [5, 5.41) is 13.9. The van der Waals surface area contributed by atoms with Crippen molar-refractivity contribution >= 4 is 21.6 Å². The van der Waals surface area contributed by atoms with E-state index in [1.807, 2.05) is 12.1 Å². The third-order valence-electron chi connectivity index (χ3n) is 4.45. The second-order valence-electron chi connectivity index (χ2n) is 6.76. The van der Waals surface area contributed by atoms with Gasteiger partial charge in [0, 0.05) is 28.2 Å². The van der Waals surface area contributed by atoms with E-state index < -0.39 is 0 Å². The number of aliphatic imine (C=N–C) groups is 1. The Balaban J connectivity index is 1.97. The molecule has 0 unspecified atom stereocenters. The van der Waals surface area contributed by atoms with Crippen LogP contribution in [0.15, 0.2) is 51.9 Å². The molecule has 0 saturated heterocycles. The molecule has 3 rings (SSSR count). The number of aromatic hydroxyl groups is 1. The van der Waals surface area contributed by atoms with Gasteiger partial charge in [0.15, 0.2) is 0 Å². The van der Waals surface area contributed by atoms with E-state index in [9.17, 15) is 5.11 Å². The molecule has 1 aliphatic heterocycles. The van der Waals surface area contributed by atoms with E-state index >= 15 is 0 Å². The maximum atomic E-state index is 10.3. The minimum atomic E-state index is 0.0402. The Labute approximate surface area is 152 Å². The van der Waals surface area contributed by atoms with Gasteiger partial charge in [-0.2, -0.15) is 0 Å². The summed E-state index contributed by atoms with van der Waals surface area (Å²) in [7, 11) is 0. The summed E-state index contributed by atoms with van der Waals surface area (Å²) in [6, 6.07) is 14.1. The fraction of sp³-hybridized carbons (Fsp3) is 0.350. The number of benzene rings is 2. The number of nitrogens with one attached hydrogen (secondary N) is 1. The second kappa shape index (κ2) is 7.08. The fourth-order valence-electron chi connectivity index (χ4n) is 3.00. The van der Waals surface area contributed by atoms with Gasteiger partial charge in [-0.1, -0.05) is 59.6 Å². The first-order chi connectivity index (χ1) is 11.4. The van der Waals surface area contributed by atoms with Crippen molar-refractivity contribution in [2.24, 2.45) is 10.9 Å². The zero-order valence-electron chi connectivity index (χ0n) is 14.3. The maximum Gasteiger partial charge on any atom is 0.120 e. The first-order valence-electron chi connectivity index (χ1n) is 8.32. The van der Waals surface area contributed by atoms with E-state index in [0.717, 1.165) is 27.7 Å². The van der Waals surface area contributed by atoms with Crippen LogP contribution >= 0.6 is 15.9 Å². The van der Waals surface area contributed by atoms with Crippen molar-refractivity contribution < 1.29 is 5.11 Å². The van der Waals surface area contributed by atoms with E-state index in [2.05, 4.69) is 66.3 Å². The van der Waals surface area contributed by atoms with Gasteiger partial charge in [0.1, 0.15) is 11.9 Å². The van der Waals surface area contributed by atoms with Gasteiger partial charge in [-0.05, 0) is 36.6 Å². The Morgan fingerprint density at radius 3 is 2.54 bits per heavy atom. The molecule has 2 aromatic rings. The molecule has 0 aromatic heterocycles. The molecule has 1 heterocycles. The van der Waals surface area contributed by atoms with Crippen LogP contribution in [-0.2, 0) is 0 Å². The lowest BCUT2D eigenvalue weighted by molar-refractivity contribution is 0.345. The van der Waals surface area contributed by atoms with Crippen LogP contribution in [0.2, 0.25) is 0 Å². The summed E-state index contributed by atoms with van der Waals surface area (Å²) in [6.07, 6.45) is 0.800. The third-order valence-corrected chi connectivity index (χ3v) is 4.94. The van der Waals surface area contributed by atoms with Crippen LogP contribution in [0, 0.1) is 12.8 Å². The second-order valence-corrected chi connectivity index (χ2v) is 7.67. The van der Waals surface area contributed by atoms with Crippen molar-refractivity contribution in [2.75, 3.05) is 0 Å². The number of aryl methyl sites for hydroxylation is 1. The highest BCUT2D eigenvalue weighted by Crippen LogP contribution is 2.33. The summed E-state index contributed by atoms with van der Waals surface area (Å²) in [6.45, 7) is 6.42. The monoisotopic (exact) mass is 386 g/mol. The fourth-order valence-corrected chi connectivity index (χ4v) is 3.38. The summed E-state index contributed by atoms with van der Waals surface area (Å²) >= 11 is 3.51. The van der Waals surface area contributed by atoms with Crippen LogP contribution in [0.4, 0.5) is 0 Å². The number of hydrogen-bond donors (Lipinski definition) is 2. The number of halogens is 1. The predicted molar refractivity (Wildman–Crippen MR) is 103 cm³/mol. The van der Waals surface area contributed by atoms with Crippen molar-refractivity contribution in [1.82, 2.24) is 5.32 Å². The van der Waals surface area contributed by atoms with E-state index in [-0.39, 0.29) is 12.2 Å². The number of phenols is 1. The van der Waals surface area contributed by atoms with E-state index in [1.165, 1.54) is 5.56 Å². The lowest BCUT2D eigenvalue weighted by Gasteiger charge is -2.32. The molecule has 24 heavy (non-hydrogen) atoms. The smallest absolute Gasteiger partial charge is 0.120 e. The molecule has 2 aromatic carbocycles. The number of nitrogens with zero attached hydrogens (tertiary/aromatic N) is 1. The van der Waals surface area contributed by atoms with Crippen molar-refractivity contribution in [2.45, 2.75) is 39.4 Å². The molecule has 4 heteroatoms. The van der Waals surface area contributed by atoms with Gasteiger partial charge < -0.3 is 5.11 Å². The normalized spacial score (nSPS) is 21.0. The summed E-state index contributed by atoms with van der Waals surface area (Å²) in [5.74, 6) is 0.700. The molecular weight excluding hydrogens is 364 g/mol. The Morgan fingerprint density at radius 2 is 1.88 bits per heavy atom. The van der Waals surface area contributed by atoms with Gasteiger partial charge >= 0.3 is 0 Å². The Morgan fingerprint density at radius 1 is 1.17 bits per heavy atom. The van der Waals surface area contributed by atoms with Crippen molar-refractivity contribution in [1.29, 1.82) is 0 Å². The zero-order chi connectivity index (χ0) is 17.3. The van der Waals surface area contributed by atoms with Crippen LogP contribution in [0.1, 0.15) is 43.0 Å². The van der Waals surface area contributed by atoms with Gasteiger partial charge in [-0.15, -0.1) is 0 Å². The summed E-state index contributed by atoms with van der Waals surface area (Å²) < 4.78 is 0.970. The number of phenolic OH excluding ortho intramolecular Hbond substituents is 1. The highest BCUT2D eigenvalue weighted by molar-refractivity contribution is 9.10. The zero-order valence-corrected chi connectivity index (χ0v) is 15.8. The molecule has 2 atom stereocenters. The van der Waals surface area contributed by atoms with Crippen LogP contribution in [0.5, 0.6) is 5.75 Å². The van der Waals surface area contributed by atoms with Crippen LogP contribution in [0.25, 0.3) is 0 Å². The van der Waals surface area contributed by atoms with Crippen molar-refractivity contribution in [3.05, 3.63) is 63.6 Å². The topological polar surface area (TPSA) is 44.6 Å². The molecule has 1 aliphatic rings. The average molecular weight is 387 g/mol. The Kier molecular flexibility index (Phi) is 5.07. The summed E-state index contributed by atoms with van der Waals surface area (Å²) in [5.41, 5.74) is 4.41. The quantitative estimate of drug-likeness (QED) is 0.781. The van der Waals surface area contributed by atoms with Gasteiger partial charge in [-0.25, -0.2) is 0 Å². The van der Waals surface area contributed by atoms with E-state index in [1.54, 1.807) is 6.07 Å². The van der Waals surface area contributed by atoms with Gasteiger partial charge in [0.05, 0.1) is 0 Å². The van der Waals surface area contributed by atoms with Crippen LogP contribution in [-0.4, -0.2) is 17.0 Å². The highest BCUT2D eigenvalue weighted by atomic mass is 79.9. The molecule has 126 valence electrons. The molecule has 2 N–H and O–H groups in total. The molecule has 3 nitrogen and oxygen atoms in total. The van der Waals surface area contributed by atoms with E-state index in [4.69, 9.17) is 4.99 Å². The Hall–Kier alpha value is -1.65. The lowest BCUT2D eigenvalue weighted by atomic mass is 9.93. The van der Waals surface area contributed by atoms with Crippen molar-refractivity contribution in [3.8, 4) is 5.75 Å². The van der Waals surface area contributed by atoms with Gasteiger partial charge in [0.2, 0.25) is 0 Å². The predicted octanol–water partition coefficient (Wildman–Crippen LogP) is 4.97. The average Bonchev–Trinajstić information content (AvgIpc) is 2.57. The SMILES string of the molecule is Cc1ccc(C2=N[C@H](C(C)C)N[C@H](c3cc(Br)ccc3O)C2)cc1. The highest BCUT2D eigenvalue weighted by Gasteiger charge is 2.28. The third kappa shape index (κ3) is 3.70. The molecule has 0 amide bonds.